The maximum Gasteiger partial charge on any atom is 0.0249 e. The number of likely N-dealkylation sites (N-methyl/N-ethyl adjacent to an activating group) is 1. The van der Waals surface area contributed by atoms with E-state index in [2.05, 4.69) is 35.8 Å². The number of hydrogen-bond acceptors (Lipinski definition) is 3. The fraction of sp³-hybridized carbons (Fsp3) is 1.00. The molecule has 1 N–H and O–H groups in total. The average molecular weight is 188 g/mol. The van der Waals surface area contributed by atoms with Crippen molar-refractivity contribution in [1.29, 1.82) is 0 Å². The van der Waals surface area contributed by atoms with Crippen molar-refractivity contribution in [3.63, 3.8) is 0 Å². The first-order chi connectivity index (χ1) is 5.64. The Morgan fingerprint density at radius 2 is 1.92 bits per heavy atom. The summed E-state index contributed by atoms with van der Waals surface area (Å²) in [5, 5.41) is 3.34. The molecule has 0 spiro atoms. The molecule has 0 aromatic heterocycles. The lowest BCUT2D eigenvalue weighted by molar-refractivity contribution is 0.224. The van der Waals surface area contributed by atoms with Crippen molar-refractivity contribution in [3.05, 3.63) is 0 Å². The maximum atomic E-state index is 3.34. The summed E-state index contributed by atoms with van der Waals surface area (Å²) < 4.78 is 0. The van der Waals surface area contributed by atoms with E-state index in [0.717, 1.165) is 0 Å². The third-order valence-electron chi connectivity index (χ3n) is 2.40. The highest BCUT2D eigenvalue weighted by molar-refractivity contribution is 7.99. The molecule has 0 bridgehead atoms. The summed E-state index contributed by atoms with van der Waals surface area (Å²) in [5.41, 5.74) is 0.266. The summed E-state index contributed by atoms with van der Waals surface area (Å²) in [7, 11) is 2.04. The standard InChI is InChI=1S/C9H20N2S/c1-9(2,10-3)8-11-4-6-12-7-5-11/h10H,4-8H2,1-3H3. The van der Waals surface area contributed by atoms with Crippen LogP contribution in [0.2, 0.25) is 0 Å². The van der Waals surface area contributed by atoms with E-state index in [4.69, 9.17) is 0 Å². The molecule has 0 unspecified atom stereocenters. The van der Waals surface area contributed by atoms with E-state index in [0.29, 0.717) is 0 Å². The molecular formula is C9H20N2S. The molecule has 1 heterocycles. The van der Waals surface area contributed by atoms with Crippen molar-refractivity contribution in [2.45, 2.75) is 19.4 Å². The second kappa shape index (κ2) is 4.49. The van der Waals surface area contributed by atoms with Crippen LogP contribution in [0.4, 0.5) is 0 Å². The van der Waals surface area contributed by atoms with Gasteiger partial charge in [-0.15, -0.1) is 0 Å². The van der Waals surface area contributed by atoms with Gasteiger partial charge in [-0.25, -0.2) is 0 Å². The molecule has 1 aliphatic rings. The van der Waals surface area contributed by atoms with Crippen LogP contribution in [-0.2, 0) is 0 Å². The molecule has 1 fully saturated rings. The molecule has 0 saturated carbocycles. The minimum absolute atomic E-state index is 0.266. The molecule has 0 radical (unpaired) electrons. The van der Waals surface area contributed by atoms with Crippen molar-refractivity contribution in [1.82, 2.24) is 10.2 Å². The predicted molar refractivity (Wildman–Crippen MR) is 56.9 cm³/mol. The van der Waals surface area contributed by atoms with Crippen LogP contribution in [0, 0.1) is 0 Å². The van der Waals surface area contributed by atoms with Crippen molar-refractivity contribution in [3.8, 4) is 0 Å². The number of hydrogen-bond donors (Lipinski definition) is 1. The van der Waals surface area contributed by atoms with Gasteiger partial charge in [-0.05, 0) is 20.9 Å². The molecule has 3 heteroatoms. The highest BCUT2D eigenvalue weighted by Crippen LogP contribution is 2.12. The third-order valence-corrected chi connectivity index (χ3v) is 3.34. The van der Waals surface area contributed by atoms with Gasteiger partial charge in [0.15, 0.2) is 0 Å². The van der Waals surface area contributed by atoms with Gasteiger partial charge in [0.25, 0.3) is 0 Å². The lowest BCUT2D eigenvalue weighted by Gasteiger charge is -2.34. The minimum Gasteiger partial charge on any atom is -0.314 e. The van der Waals surface area contributed by atoms with Gasteiger partial charge in [-0.3, -0.25) is 4.90 Å². The zero-order chi connectivity index (χ0) is 9.03. The van der Waals surface area contributed by atoms with Gasteiger partial charge in [-0.2, -0.15) is 11.8 Å². The summed E-state index contributed by atoms with van der Waals surface area (Å²) >= 11 is 2.07. The zero-order valence-corrected chi connectivity index (χ0v) is 9.21. The summed E-state index contributed by atoms with van der Waals surface area (Å²) in [6, 6.07) is 0. The van der Waals surface area contributed by atoms with Crippen LogP contribution in [0.25, 0.3) is 0 Å². The van der Waals surface area contributed by atoms with Crippen LogP contribution < -0.4 is 5.32 Å². The van der Waals surface area contributed by atoms with Crippen molar-refractivity contribution >= 4 is 11.8 Å². The topological polar surface area (TPSA) is 15.3 Å². The van der Waals surface area contributed by atoms with Crippen LogP contribution in [0.5, 0.6) is 0 Å². The van der Waals surface area contributed by atoms with E-state index in [9.17, 15) is 0 Å². The van der Waals surface area contributed by atoms with E-state index in [1.165, 1.54) is 31.1 Å². The monoisotopic (exact) mass is 188 g/mol. The van der Waals surface area contributed by atoms with Crippen LogP contribution >= 0.6 is 11.8 Å². The average Bonchev–Trinajstić information content (AvgIpc) is 2.06. The molecular weight excluding hydrogens is 168 g/mol. The van der Waals surface area contributed by atoms with E-state index in [-0.39, 0.29) is 5.54 Å². The number of nitrogens with zero attached hydrogens (tertiary/aromatic N) is 1. The molecule has 1 saturated heterocycles. The van der Waals surface area contributed by atoms with Crippen molar-refractivity contribution < 1.29 is 0 Å². The predicted octanol–water partition coefficient (Wildman–Crippen LogP) is 1.03. The molecule has 12 heavy (non-hydrogen) atoms. The first-order valence-electron chi connectivity index (χ1n) is 4.63. The molecule has 2 nitrogen and oxygen atoms in total. The summed E-state index contributed by atoms with van der Waals surface area (Å²) in [4.78, 5) is 2.55. The van der Waals surface area contributed by atoms with Crippen LogP contribution in [0.15, 0.2) is 0 Å². The van der Waals surface area contributed by atoms with Gasteiger partial charge < -0.3 is 5.32 Å². The zero-order valence-electron chi connectivity index (χ0n) is 8.39. The summed E-state index contributed by atoms with van der Waals surface area (Å²) in [5.74, 6) is 2.61. The van der Waals surface area contributed by atoms with E-state index in [1.54, 1.807) is 0 Å². The lowest BCUT2D eigenvalue weighted by Crippen LogP contribution is -2.49. The number of thioether (sulfide) groups is 1. The van der Waals surface area contributed by atoms with E-state index >= 15 is 0 Å². The second-order valence-electron chi connectivity index (χ2n) is 4.02. The molecule has 72 valence electrons. The van der Waals surface area contributed by atoms with Gasteiger partial charge in [-0.1, -0.05) is 0 Å². The fourth-order valence-electron chi connectivity index (χ4n) is 1.40. The Labute approximate surface area is 80.1 Å². The first-order valence-corrected chi connectivity index (χ1v) is 5.78. The highest BCUT2D eigenvalue weighted by atomic mass is 32.2. The van der Waals surface area contributed by atoms with Gasteiger partial charge in [0.05, 0.1) is 0 Å². The normalized spacial score (nSPS) is 21.2. The smallest absolute Gasteiger partial charge is 0.0249 e. The molecule has 0 atom stereocenters. The first kappa shape index (κ1) is 10.4. The Bertz CT molecular complexity index is 130. The SMILES string of the molecule is CNC(C)(C)CN1CCSCC1. The molecule has 0 aromatic carbocycles. The minimum atomic E-state index is 0.266. The van der Waals surface area contributed by atoms with E-state index < -0.39 is 0 Å². The maximum absolute atomic E-state index is 3.34. The third kappa shape index (κ3) is 3.33. The Morgan fingerprint density at radius 3 is 2.42 bits per heavy atom. The van der Waals surface area contributed by atoms with Crippen LogP contribution in [0.3, 0.4) is 0 Å². The molecule has 0 aromatic rings. The van der Waals surface area contributed by atoms with Crippen molar-refractivity contribution in [2.75, 3.05) is 38.2 Å². The Hall–Kier alpha value is 0.270. The van der Waals surface area contributed by atoms with Crippen molar-refractivity contribution in [2.24, 2.45) is 0 Å². The summed E-state index contributed by atoms with van der Waals surface area (Å²) in [6.45, 7) is 8.21. The molecule has 1 aliphatic heterocycles. The van der Waals surface area contributed by atoms with Crippen LogP contribution in [-0.4, -0.2) is 48.6 Å². The quantitative estimate of drug-likeness (QED) is 0.712. The number of nitrogens with one attached hydrogen (secondary N) is 1. The Morgan fingerprint density at radius 1 is 1.33 bits per heavy atom. The lowest BCUT2D eigenvalue weighted by atomic mass is 10.1. The van der Waals surface area contributed by atoms with E-state index in [1.807, 2.05) is 7.05 Å². The summed E-state index contributed by atoms with van der Waals surface area (Å²) in [6.07, 6.45) is 0. The fourth-order valence-corrected chi connectivity index (χ4v) is 2.38. The van der Waals surface area contributed by atoms with Gasteiger partial charge in [0.1, 0.15) is 0 Å². The van der Waals surface area contributed by atoms with Gasteiger partial charge in [0.2, 0.25) is 0 Å². The Kier molecular flexibility index (Phi) is 3.87. The molecule has 0 aliphatic carbocycles. The van der Waals surface area contributed by atoms with Gasteiger partial charge in [0, 0.05) is 36.7 Å². The largest absolute Gasteiger partial charge is 0.314 e. The second-order valence-corrected chi connectivity index (χ2v) is 5.25. The number of rotatable bonds is 3. The van der Waals surface area contributed by atoms with Crippen LogP contribution in [0.1, 0.15) is 13.8 Å². The highest BCUT2D eigenvalue weighted by Gasteiger charge is 2.20. The molecule has 1 rings (SSSR count). The molecule has 0 amide bonds. The Balaban J connectivity index is 2.28. The van der Waals surface area contributed by atoms with Gasteiger partial charge >= 0.3 is 0 Å².